The standard InChI is InChI=1S/C13H21N3OS/c1-9(2)12-15-11(8-18-12)13(17)16-6-3-4-10(14)5-7-16/h8-10H,3-7,14H2,1-2H3/t10-/m0/s1. The van der Waals surface area contributed by atoms with Crippen molar-refractivity contribution in [1.29, 1.82) is 0 Å². The minimum absolute atomic E-state index is 0.0623. The minimum Gasteiger partial charge on any atom is -0.337 e. The molecule has 1 atom stereocenters. The van der Waals surface area contributed by atoms with Crippen molar-refractivity contribution in [3.05, 3.63) is 16.1 Å². The molecule has 100 valence electrons. The Morgan fingerprint density at radius 3 is 2.94 bits per heavy atom. The molecule has 0 saturated carbocycles. The highest BCUT2D eigenvalue weighted by atomic mass is 32.1. The van der Waals surface area contributed by atoms with Gasteiger partial charge in [0.05, 0.1) is 5.01 Å². The van der Waals surface area contributed by atoms with Gasteiger partial charge in [0.25, 0.3) is 5.91 Å². The number of likely N-dealkylation sites (tertiary alicyclic amines) is 1. The van der Waals surface area contributed by atoms with Crippen LogP contribution in [0.2, 0.25) is 0 Å². The van der Waals surface area contributed by atoms with E-state index in [9.17, 15) is 4.79 Å². The van der Waals surface area contributed by atoms with Crippen molar-refractivity contribution in [2.75, 3.05) is 13.1 Å². The van der Waals surface area contributed by atoms with Gasteiger partial charge < -0.3 is 10.6 Å². The Labute approximate surface area is 112 Å². The summed E-state index contributed by atoms with van der Waals surface area (Å²) in [5, 5.41) is 2.91. The van der Waals surface area contributed by atoms with Gasteiger partial charge in [0.1, 0.15) is 5.69 Å². The quantitative estimate of drug-likeness (QED) is 0.894. The van der Waals surface area contributed by atoms with E-state index in [0.717, 1.165) is 37.4 Å². The highest BCUT2D eigenvalue weighted by molar-refractivity contribution is 7.09. The Kier molecular flexibility index (Phi) is 4.35. The second kappa shape index (κ2) is 5.80. The lowest BCUT2D eigenvalue weighted by atomic mass is 10.1. The number of rotatable bonds is 2. The molecular weight excluding hydrogens is 246 g/mol. The maximum atomic E-state index is 12.3. The first-order valence-electron chi connectivity index (χ1n) is 6.58. The third-order valence-electron chi connectivity index (χ3n) is 3.29. The van der Waals surface area contributed by atoms with Crippen LogP contribution in [0.15, 0.2) is 5.38 Å². The average Bonchev–Trinajstić information content (AvgIpc) is 2.73. The van der Waals surface area contributed by atoms with Crippen molar-refractivity contribution < 1.29 is 4.79 Å². The van der Waals surface area contributed by atoms with Crippen LogP contribution in [-0.2, 0) is 0 Å². The molecule has 18 heavy (non-hydrogen) atoms. The SMILES string of the molecule is CC(C)c1nc(C(=O)N2CCC[C@H](N)CC2)cs1. The molecule has 2 N–H and O–H groups in total. The molecule has 4 nitrogen and oxygen atoms in total. The first-order valence-corrected chi connectivity index (χ1v) is 7.46. The van der Waals surface area contributed by atoms with Crippen LogP contribution >= 0.6 is 11.3 Å². The molecule has 1 aromatic rings. The second-order valence-electron chi connectivity index (χ2n) is 5.21. The highest BCUT2D eigenvalue weighted by Gasteiger charge is 2.22. The summed E-state index contributed by atoms with van der Waals surface area (Å²) in [5.74, 6) is 0.446. The number of carbonyl (C=O) groups is 1. The number of amides is 1. The second-order valence-corrected chi connectivity index (χ2v) is 6.10. The van der Waals surface area contributed by atoms with Gasteiger partial charge in [0, 0.05) is 30.4 Å². The van der Waals surface area contributed by atoms with Crippen LogP contribution in [0, 0.1) is 0 Å². The monoisotopic (exact) mass is 267 g/mol. The van der Waals surface area contributed by atoms with Crippen molar-refractivity contribution in [1.82, 2.24) is 9.88 Å². The van der Waals surface area contributed by atoms with Crippen LogP contribution < -0.4 is 5.73 Å². The van der Waals surface area contributed by atoms with Crippen molar-refractivity contribution >= 4 is 17.2 Å². The van der Waals surface area contributed by atoms with Crippen LogP contribution in [0.1, 0.15) is 54.5 Å². The minimum atomic E-state index is 0.0623. The smallest absolute Gasteiger partial charge is 0.273 e. The van der Waals surface area contributed by atoms with E-state index in [0.29, 0.717) is 11.6 Å². The van der Waals surface area contributed by atoms with Crippen LogP contribution in [0.25, 0.3) is 0 Å². The van der Waals surface area contributed by atoms with Crippen molar-refractivity contribution in [3.8, 4) is 0 Å². The summed E-state index contributed by atoms with van der Waals surface area (Å²) in [5.41, 5.74) is 6.52. The van der Waals surface area contributed by atoms with Gasteiger partial charge in [0.15, 0.2) is 0 Å². The summed E-state index contributed by atoms with van der Waals surface area (Å²) in [6, 6.07) is 0.240. The zero-order chi connectivity index (χ0) is 13.1. The molecule has 1 aliphatic rings. The fourth-order valence-corrected chi connectivity index (χ4v) is 2.95. The molecule has 2 heterocycles. The van der Waals surface area contributed by atoms with E-state index in [1.807, 2.05) is 10.3 Å². The molecule has 0 unspecified atom stereocenters. The van der Waals surface area contributed by atoms with Crippen LogP contribution in [-0.4, -0.2) is 34.9 Å². The first kappa shape index (κ1) is 13.5. The summed E-state index contributed by atoms with van der Waals surface area (Å²) >= 11 is 1.57. The van der Waals surface area contributed by atoms with Gasteiger partial charge in [-0.05, 0) is 19.3 Å². The molecule has 1 aliphatic heterocycles. The number of carbonyl (C=O) groups excluding carboxylic acids is 1. The van der Waals surface area contributed by atoms with Gasteiger partial charge in [-0.25, -0.2) is 4.98 Å². The Morgan fingerprint density at radius 2 is 2.28 bits per heavy atom. The van der Waals surface area contributed by atoms with Gasteiger partial charge in [-0.2, -0.15) is 0 Å². The van der Waals surface area contributed by atoms with E-state index in [-0.39, 0.29) is 11.9 Å². The summed E-state index contributed by atoms with van der Waals surface area (Å²) in [7, 11) is 0. The Morgan fingerprint density at radius 1 is 1.50 bits per heavy atom. The van der Waals surface area contributed by atoms with Crippen molar-refractivity contribution in [2.24, 2.45) is 5.73 Å². The number of nitrogens with zero attached hydrogens (tertiary/aromatic N) is 2. The summed E-state index contributed by atoms with van der Waals surface area (Å²) < 4.78 is 0. The molecule has 0 aromatic carbocycles. The molecule has 1 aromatic heterocycles. The fourth-order valence-electron chi connectivity index (χ4n) is 2.14. The third-order valence-corrected chi connectivity index (χ3v) is 4.44. The summed E-state index contributed by atoms with van der Waals surface area (Å²) in [4.78, 5) is 18.6. The molecule has 1 amide bonds. The predicted octanol–water partition coefficient (Wildman–Crippen LogP) is 2.22. The average molecular weight is 267 g/mol. The van der Waals surface area contributed by atoms with Crippen LogP contribution in [0.3, 0.4) is 0 Å². The molecule has 0 spiro atoms. The highest BCUT2D eigenvalue weighted by Crippen LogP contribution is 2.21. The summed E-state index contributed by atoms with van der Waals surface area (Å²) in [6.45, 7) is 5.76. The zero-order valence-corrected chi connectivity index (χ0v) is 11.9. The van der Waals surface area contributed by atoms with Gasteiger partial charge >= 0.3 is 0 Å². The summed E-state index contributed by atoms with van der Waals surface area (Å²) in [6.07, 6.45) is 2.90. The molecule has 0 aliphatic carbocycles. The Hall–Kier alpha value is -0.940. The molecule has 1 fully saturated rings. The number of hydrogen-bond donors (Lipinski definition) is 1. The van der Waals surface area contributed by atoms with Gasteiger partial charge in [-0.1, -0.05) is 13.8 Å². The zero-order valence-electron chi connectivity index (χ0n) is 11.1. The van der Waals surface area contributed by atoms with E-state index in [1.165, 1.54) is 0 Å². The maximum Gasteiger partial charge on any atom is 0.273 e. The topological polar surface area (TPSA) is 59.2 Å². The van der Waals surface area contributed by atoms with Gasteiger partial charge in [-0.3, -0.25) is 4.79 Å². The van der Waals surface area contributed by atoms with Gasteiger partial charge in [0.2, 0.25) is 0 Å². The fraction of sp³-hybridized carbons (Fsp3) is 0.692. The first-order chi connectivity index (χ1) is 8.58. The number of hydrogen-bond acceptors (Lipinski definition) is 4. The van der Waals surface area contributed by atoms with Crippen molar-refractivity contribution in [3.63, 3.8) is 0 Å². The molecule has 2 rings (SSSR count). The molecule has 5 heteroatoms. The van der Waals surface area contributed by atoms with E-state index in [4.69, 9.17) is 5.73 Å². The lowest BCUT2D eigenvalue weighted by Crippen LogP contribution is -2.33. The third kappa shape index (κ3) is 3.09. The number of aromatic nitrogens is 1. The van der Waals surface area contributed by atoms with E-state index >= 15 is 0 Å². The number of nitrogens with two attached hydrogens (primary N) is 1. The molecule has 0 radical (unpaired) electrons. The Bertz CT molecular complexity index is 416. The molecular formula is C13H21N3OS. The normalized spacial score (nSPS) is 21.1. The van der Waals surface area contributed by atoms with E-state index < -0.39 is 0 Å². The van der Waals surface area contributed by atoms with Crippen LogP contribution in [0.4, 0.5) is 0 Å². The largest absolute Gasteiger partial charge is 0.337 e. The maximum absolute atomic E-state index is 12.3. The molecule has 1 saturated heterocycles. The van der Waals surface area contributed by atoms with Crippen LogP contribution in [0.5, 0.6) is 0 Å². The number of thiazole rings is 1. The lowest BCUT2D eigenvalue weighted by molar-refractivity contribution is 0.0756. The van der Waals surface area contributed by atoms with E-state index in [1.54, 1.807) is 11.3 Å². The van der Waals surface area contributed by atoms with E-state index in [2.05, 4.69) is 18.8 Å². The van der Waals surface area contributed by atoms with Crippen molar-refractivity contribution in [2.45, 2.75) is 45.1 Å². The molecule has 0 bridgehead atoms. The lowest BCUT2D eigenvalue weighted by Gasteiger charge is -2.19. The Balaban J connectivity index is 2.05. The predicted molar refractivity (Wildman–Crippen MR) is 73.9 cm³/mol. The van der Waals surface area contributed by atoms with Gasteiger partial charge in [-0.15, -0.1) is 11.3 Å².